The van der Waals surface area contributed by atoms with Gasteiger partial charge in [-0.3, -0.25) is 9.59 Å². The number of esters is 1. The molecule has 9 nitrogen and oxygen atoms in total. The van der Waals surface area contributed by atoms with Crippen LogP contribution in [0.3, 0.4) is 0 Å². The van der Waals surface area contributed by atoms with E-state index in [2.05, 4.69) is 21.5 Å². The lowest BCUT2D eigenvalue weighted by Gasteiger charge is -2.14. The second kappa shape index (κ2) is 12.2. The molecule has 0 aliphatic heterocycles. The van der Waals surface area contributed by atoms with Crippen molar-refractivity contribution in [3.63, 3.8) is 0 Å². The molecule has 0 saturated heterocycles. The summed E-state index contributed by atoms with van der Waals surface area (Å²) in [5.74, 6) is 0.235. The van der Waals surface area contributed by atoms with E-state index in [0.717, 1.165) is 47.1 Å². The topological polar surface area (TPSA) is 113 Å². The Morgan fingerprint density at radius 1 is 1.11 bits per heavy atom. The number of nitrogen functional groups attached to an aromatic ring is 1. The second-order valence-corrected chi connectivity index (χ2v) is 8.79. The molecule has 35 heavy (non-hydrogen) atoms. The monoisotopic (exact) mass is 481 g/mol. The van der Waals surface area contributed by atoms with Crippen LogP contribution >= 0.6 is 0 Å². The van der Waals surface area contributed by atoms with Gasteiger partial charge in [0.2, 0.25) is 5.95 Å². The maximum absolute atomic E-state index is 12.2. The third-order valence-electron chi connectivity index (χ3n) is 5.86. The van der Waals surface area contributed by atoms with Gasteiger partial charge in [0.15, 0.2) is 6.61 Å². The normalized spacial score (nSPS) is 11.0. The average Bonchev–Trinajstić information content (AvgIpc) is 3.23. The van der Waals surface area contributed by atoms with Gasteiger partial charge in [-0.05, 0) is 30.5 Å². The summed E-state index contributed by atoms with van der Waals surface area (Å²) in [6.07, 6.45) is 7.48. The standard InChI is InChI=1S/C26H35N5O4/c1-5-6-7-8-9-20-25-21(29-26(27)28-20)12-13-31(25)16-19-11-10-18(14-22(19)34-4)15-24(33)35-17-23(32)30(2)3/h10-14H,5-9,15-17H2,1-4H3,(H2,27,28,29). The van der Waals surface area contributed by atoms with Gasteiger partial charge in [0.25, 0.3) is 5.91 Å². The molecule has 0 radical (unpaired) electrons. The first-order valence-electron chi connectivity index (χ1n) is 11.9. The zero-order chi connectivity index (χ0) is 25.4. The number of anilines is 1. The number of ether oxygens (including phenoxy) is 2. The van der Waals surface area contributed by atoms with Gasteiger partial charge in [-0.2, -0.15) is 0 Å². The summed E-state index contributed by atoms with van der Waals surface area (Å²) in [6, 6.07) is 7.60. The van der Waals surface area contributed by atoms with E-state index in [4.69, 9.17) is 15.2 Å². The molecule has 0 fully saturated rings. The number of carbonyl (C=O) groups is 2. The number of nitrogens with zero attached hydrogens (tertiary/aromatic N) is 4. The van der Waals surface area contributed by atoms with E-state index in [9.17, 15) is 9.59 Å². The minimum Gasteiger partial charge on any atom is -0.496 e. The number of hydrogen-bond donors (Lipinski definition) is 1. The zero-order valence-corrected chi connectivity index (χ0v) is 21.0. The van der Waals surface area contributed by atoms with Crippen molar-refractivity contribution in [1.29, 1.82) is 0 Å². The van der Waals surface area contributed by atoms with Crippen LogP contribution in [0, 0.1) is 0 Å². The van der Waals surface area contributed by atoms with E-state index in [1.165, 1.54) is 17.7 Å². The van der Waals surface area contributed by atoms with Gasteiger partial charge in [-0.25, -0.2) is 9.97 Å². The first-order valence-corrected chi connectivity index (χ1v) is 11.9. The number of fused-ring (bicyclic) bond motifs is 1. The molecular formula is C26H35N5O4. The summed E-state index contributed by atoms with van der Waals surface area (Å²) in [7, 11) is 4.84. The van der Waals surface area contributed by atoms with Crippen LogP contribution in [0.15, 0.2) is 30.5 Å². The third kappa shape index (κ3) is 6.94. The number of aromatic nitrogens is 3. The van der Waals surface area contributed by atoms with E-state index < -0.39 is 5.97 Å². The average molecular weight is 482 g/mol. The van der Waals surface area contributed by atoms with Gasteiger partial charge in [0.05, 0.1) is 36.8 Å². The summed E-state index contributed by atoms with van der Waals surface area (Å²) in [5, 5.41) is 0. The van der Waals surface area contributed by atoms with E-state index in [1.807, 2.05) is 30.5 Å². The molecule has 0 bridgehead atoms. The van der Waals surface area contributed by atoms with Crippen LogP contribution in [-0.4, -0.2) is 59.1 Å². The Labute approximate surface area is 206 Å². The van der Waals surface area contributed by atoms with E-state index in [0.29, 0.717) is 18.2 Å². The zero-order valence-electron chi connectivity index (χ0n) is 21.0. The van der Waals surface area contributed by atoms with Crippen molar-refractivity contribution in [2.24, 2.45) is 0 Å². The Hall–Kier alpha value is -3.62. The van der Waals surface area contributed by atoms with Crippen molar-refractivity contribution >= 4 is 28.9 Å². The molecule has 0 spiro atoms. The minimum absolute atomic E-state index is 0.0544. The highest BCUT2D eigenvalue weighted by molar-refractivity contribution is 5.81. The first kappa shape index (κ1) is 26.0. The molecule has 1 amide bonds. The molecule has 3 rings (SSSR count). The van der Waals surface area contributed by atoms with E-state index in [-0.39, 0.29) is 18.9 Å². The fourth-order valence-corrected chi connectivity index (χ4v) is 3.93. The Morgan fingerprint density at radius 3 is 2.63 bits per heavy atom. The largest absolute Gasteiger partial charge is 0.496 e. The van der Waals surface area contributed by atoms with Gasteiger partial charge < -0.3 is 24.7 Å². The Kier molecular flexibility index (Phi) is 9.05. The van der Waals surface area contributed by atoms with Crippen molar-refractivity contribution in [1.82, 2.24) is 19.4 Å². The number of methoxy groups -OCH3 is 1. The van der Waals surface area contributed by atoms with Gasteiger partial charge in [0, 0.05) is 25.9 Å². The molecule has 2 heterocycles. The lowest BCUT2D eigenvalue weighted by Crippen LogP contribution is -2.27. The molecule has 2 N–H and O–H groups in total. The van der Waals surface area contributed by atoms with Crippen LogP contribution in [0.25, 0.3) is 11.0 Å². The van der Waals surface area contributed by atoms with Gasteiger partial charge in [-0.15, -0.1) is 0 Å². The highest BCUT2D eigenvalue weighted by atomic mass is 16.5. The number of unbranched alkanes of at least 4 members (excludes halogenated alkanes) is 3. The van der Waals surface area contributed by atoms with Crippen LogP contribution in [0.1, 0.15) is 49.4 Å². The second-order valence-electron chi connectivity index (χ2n) is 8.79. The molecule has 0 saturated carbocycles. The molecule has 2 aromatic heterocycles. The quantitative estimate of drug-likeness (QED) is 0.312. The number of rotatable bonds is 12. The smallest absolute Gasteiger partial charge is 0.310 e. The number of hydrogen-bond acceptors (Lipinski definition) is 7. The first-order chi connectivity index (χ1) is 16.8. The predicted molar refractivity (Wildman–Crippen MR) is 135 cm³/mol. The molecule has 0 aliphatic rings. The van der Waals surface area contributed by atoms with Crippen molar-refractivity contribution in [2.75, 3.05) is 33.5 Å². The minimum atomic E-state index is -0.464. The van der Waals surface area contributed by atoms with Crippen LogP contribution < -0.4 is 10.5 Å². The van der Waals surface area contributed by atoms with Crippen LogP contribution in [0.4, 0.5) is 5.95 Å². The fraction of sp³-hybridized carbons (Fsp3) is 0.462. The SMILES string of the molecule is CCCCCCc1nc(N)nc2ccn(Cc3ccc(CC(=O)OCC(=O)N(C)C)cc3OC)c12. The summed E-state index contributed by atoms with van der Waals surface area (Å²) in [5.41, 5.74) is 10.4. The lowest BCUT2D eigenvalue weighted by atomic mass is 10.1. The summed E-state index contributed by atoms with van der Waals surface area (Å²) < 4.78 is 12.8. The Balaban J connectivity index is 1.76. The van der Waals surface area contributed by atoms with Crippen molar-refractivity contribution < 1.29 is 19.1 Å². The van der Waals surface area contributed by atoms with Crippen molar-refractivity contribution in [2.45, 2.75) is 52.0 Å². The molecule has 0 aliphatic carbocycles. The predicted octanol–water partition coefficient (Wildman–Crippen LogP) is 3.37. The third-order valence-corrected chi connectivity index (χ3v) is 5.86. The maximum atomic E-state index is 12.2. The van der Waals surface area contributed by atoms with Crippen LogP contribution in [-0.2, 0) is 33.7 Å². The van der Waals surface area contributed by atoms with E-state index in [1.54, 1.807) is 21.2 Å². The lowest BCUT2D eigenvalue weighted by molar-refractivity contribution is -0.150. The molecule has 188 valence electrons. The van der Waals surface area contributed by atoms with Gasteiger partial charge >= 0.3 is 5.97 Å². The Morgan fingerprint density at radius 2 is 1.91 bits per heavy atom. The number of nitrogens with two attached hydrogens (primary N) is 1. The number of carbonyl (C=O) groups excluding carboxylic acids is 2. The molecule has 1 aromatic carbocycles. The van der Waals surface area contributed by atoms with Crippen LogP contribution in [0.2, 0.25) is 0 Å². The highest BCUT2D eigenvalue weighted by Gasteiger charge is 2.15. The maximum Gasteiger partial charge on any atom is 0.310 e. The van der Waals surface area contributed by atoms with Crippen LogP contribution in [0.5, 0.6) is 5.75 Å². The number of aryl methyl sites for hydroxylation is 1. The van der Waals surface area contributed by atoms with Crippen molar-refractivity contribution in [3.8, 4) is 5.75 Å². The van der Waals surface area contributed by atoms with Gasteiger partial charge in [-0.1, -0.05) is 38.3 Å². The van der Waals surface area contributed by atoms with E-state index >= 15 is 0 Å². The molecule has 0 atom stereocenters. The Bertz CT molecular complexity index is 1170. The highest BCUT2D eigenvalue weighted by Crippen LogP contribution is 2.26. The summed E-state index contributed by atoms with van der Waals surface area (Å²) >= 11 is 0. The van der Waals surface area contributed by atoms with Gasteiger partial charge in [0.1, 0.15) is 5.75 Å². The fourth-order valence-electron chi connectivity index (χ4n) is 3.93. The number of amides is 1. The summed E-state index contributed by atoms with van der Waals surface area (Å²) in [6.45, 7) is 2.48. The molecule has 3 aromatic rings. The summed E-state index contributed by atoms with van der Waals surface area (Å²) in [4.78, 5) is 34.1. The number of benzene rings is 1. The number of likely N-dealkylation sites (N-methyl/N-ethyl adjacent to an activating group) is 1. The molecule has 0 unspecified atom stereocenters. The van der Waals surface area contributed by atoms with Crippen molar-refractivity contribution in [3.05, 3.63) is 47.3 Å². The molecular weight excluding hydrogens is 446 g/mol. The molecule has 9 heteroatoms.